The number of nitrogens with zero attached hydrogens (tertiary/aromatic N) is 1. The van der Waals surface area contributed by atoms with Crippen molar-refractivity contribution in [2.75, 3.05) is 19.6 Å². The number of nitrogens with two attached hydrogens (primary N) is 1. The van der Waals surface area contributed by atoms with E-state index in [1.54, 1.807) is 0 Å². The zero-order chi connectivity index (χ0) is 13.1. The van der Waals surface area contributed by atoms with Gasteiger partial charge in [0.25, 0.3) is 5.91 Å². The lowest BCUT2D eigenvalue weighted by Gasteiger charge is -2.31. The van der Waals surface area contributed by atoms with E-state index in [2.05, 4.69) is 6.07 Å². The number of amides is 1. The maximum atomic E-state index is 12.4. The van der Waals surface area contributed by atoms with Crippen LogP contribution in [-0.4, -0.2) is 30.4 Å². The van der Waals surface area contributed by atoms with Crippen LogP contribution < -0.4 is 5.73 Å². The fourth-order valence-electron chi connectivity index (χ4n) is 2.60. The molecule has 2 N–H and O–H groups in total. The maximum absolute atomic E-state index is 12.4. The van der Waals surface area contributed by atoms with Crippen molar-refractivity contribution in [2.24, 2.45) is 11.7 Å². The molecule has 3 nitrogen and oxygen atoms in total. The first-order valence-electron chi connectivity index (χ1n) is 6.68. The van der Waals surface area contributed by atoms with Gasteiger partial charge in [-0.1, -0.05) is 17.7 Å². The third kappa shape index (κ3) is 2.72. The Morgan fingerprint density at radius 2 is 2.00 bits per heavy atom. The Hall–Kier alpha value is -1.35. The molecule has 1 aliphatic rings. The number of hydrogen-bond donors (Lipinski definition) is 1. The van der Waals surface area contributed by atoms with Crippen molar-refractivity contribution in [3.8, 4) is 0 Å². The quantitative estimate of drug-likeness (QED) is 0.868. The van der Waals surface area contributed by atoms with Crippen molar-refractivity contribution in [3.63, 3.8) is 0 Å². The molecule has 1 heterocycles. The summed E-state index contributed by atoms with van der Waals surface area (Å²) in [7, 11) is 0. The van der Waals surface area contributed by atoms with Gasteiger partial charge in [-0.2, -0.15) is 0 Å². The number of aryl methyl sites for hydroxylation is 2. The van der Waals surface area contributed by atoms with Crippen LogP contribution in [0.4, 0.5) is 0 Å². The molecule has 0 unspecified atom stereocenters. The summed E-state index contributed by atoms with van der Waals surface area (Å²) in [5.41, 5.74) is 8.78. The first-order chi connectivity index (χ1) is 8.61. The number of likely N-dealkylation sites (tertiary alicyclic amines) is 1. The molecule has 1 aromatic rings. The van der Waals surface area contributed by atoms with E-state index in [1.807, 2.05) is 30.9 Å². The van der Waals surface area contributed by atoms with E-state index >= 15 is 0 Å². The van der Waals surface area contributed by atoms with Gasteiger partial charge in [0, 0.05) is 18.7 Å². The van der Waals surface area contributed by atoms with E-state index < -0.39 is 0 Å². The summed E-state index contributed by atoms with van der Waals surface area (Å²) in [6.45, 7) is 6.48. The maximum Gasteiger partial charge on any atom is 0.254 e. The second-order valence-electron chi connectivity index (χ2n) is 5.29. The van der Waals surface area contributed by atoms with Gasteiger partial charge < -0.3 is 10.6 Å². The minimum absolute atomic E-state index is 0.169. The lowest BCUT2D eigenvalue weighted by molar-refractivity contribution is 0.0692. The van der Waals surface area contributed by atoms with Gasteiger partial charge >= 0.3 is 0 Å². The van der Waals surface area contributed by atoms with Gasteiger partial charge in [0.15, 0.2) is 0 Å². The molecule has 1 saturated heterocycles. The van der Waals surface area contributed by atoms with Gasteiger partial charge in [-0.25, -0.2) is 0 Å². The van der Waals surface area contributed by atoms with Crippen molar-refractivity contribution in [1.82, 2.24) is 4.90 Å². The Balaban J connectivity index is 2.08. The number of carbonyl (C=O) groups is 1. The molecule has 0 atom stereocenters. The number of carbonyl (C=O) groups excluding carboxylic acids is 1. The van der Waals surface area contributed by atoms with Crippen LogP contribution >= 0.6 is 0 Å². The molecule has 2 rings (SSSR count). The summed E-state index contributed by atoms with van der Waals surface area (Å²) in [5.74, 6) is 0.760. The minimum Gasteiger partial charge on any atom is -0.339 e. The smallest absolute Gasteiger partial charge is 0.254 e. The molecular weight excluding hydrogens is 224 g/mol. The lowest BCUT2D eigenvalue weighted by Crippen LogP contribution is -2.40. The van der Waals surface area contributed by atoms with Crippen LogP contribution in [0, 0.1) is 19.8 Å². The third-order valence-corrected chi connectivity index (χ3v) is 3.85. The summed E-state index contributed by atoms with van der Waals surface area (Å²) >= 11 is 0. The highest BCUT2D eigenvalue weighted by Gasteiger charge is 2.23. The van der Waals surface area contributed by atoms with Crippen LogP contribution in [0.3, 0.4) is 0 Å². The Kier molecular flexibility index (Phi) is 4.02. The van der Waals surface area contributed by atoms with Crippen LogP contribution in [0.5, 0.6) is 0 Å². The number of piperidine rings is 1. The second kappa shape index (κ2) is 5.53. The Bertz CT molecular complexity index is 434. The molecule has 0 spiro atoms. The molecule has 0 aliphatic carbocycles. The number of rotatable bonds is 2. The minimum atomic E-state index is 0.169. The summed E-state index contributed by atoms with van der Waals surface area (Å²) < 4.78 is 0. The van der Waals surface area contributed by atoms with E-state index in [9.17, 15) is 4.79 Å². The third-order valence-electron chi connectivity index (χ3n) is 3.85. The molecule has 1 aliphatic heterocycles. The molecular formula is C15H22N2O. The summed E-state index contributed by atoms with van der Waals surface area (Å²) in [6.07, 6.45) is 2.07. The topological polar surface area (TPSA) is 46.3 Å². The zero-order valence-electron chi connectivity index (χ0n) is 11.3. The molecule has 0 bridgehead atoms. The predicted molar refractivity (Wildman–Crippen MR) is 73.6 cm³/mol. The number of hydrogen-bond acceptors (Lipinski definition) is 2. The molecule has 0 aromatic heterocycles. The molecule has 3 heteroatoms. The molecule has 1 amide bonds. The van der Waals surface area contributed by atoms with E-state index in [-0.39, 0.29) is 5.91 Å². The summed E-state index contributed by atoms with van der Waals surface area (Å²) in [4.78, 5) is 14.4. The summed E-state index contributed by atoms with van der Waals surface area (Å²) in [6, 6.07) is 6.02. The van der Waals surface area contributed by atoms with Crippen LogP contribution in [-0.2, 0) is 0 Å². The zero-order valence-corrected chi connectivity index (χ0v) is 11.3. The Labute approximate surface area is 109 Å². The second-order valence-corrected chi connectivity index (χ2v) is 5.29. The van der Waals surface area contributed by atoms with Gasteiger partial charge in [0.2, 0.25) is 0 Å². The van der Waals surface area contributed by atoms with E-state index in [1.165, 1.54) is 5.56 Å². The first-order valence-corrected chi connectivity index (χ1v) is 6.68. The van der Waals surface area contributed by atoms with E-state index in [0.29, 0.717) is 5.92 Å². The normalized spacial score (nSPS) is 16.9. The Morgan fingerprint density at radius 3 is 2.56 bits per heavy atom. The van der Waals surface area contributed by atoms with Gasteiger partial charge in [-0.15, -0.1) is 0 Å². The van der Waals surface area contributed by atoms with Crippen LogP contribution in [0.15, 0.2) is 18.2 Å². The van der Waals surface area contributed by atoms with Crippen molar-refractivity contribution < 1.29 is 4.79 Å². The SMILES string of the molecule is Cc1ccc(C(=O)N2CCC(CN)CC2)c(C)c1. The van der Waals surface area contributed by atoms with E-state index in [4.69, 9.17) is 5.73 Å². The molecule has 98 valence electrons. The van der Waals surface area contributed by atoms with Gasteiger partial charge in [0.1, 0.15) is 0 Å². The van der Waals surface area contributed by atoms with E-state index in [0.717, 1.165) is 43.6 Å². The fraction of sp³-hybridized carbons (Fsp3) is 0.533. The molecule has 0 radical (unpaired) electrons. The van der Waals surface area contributed by atoms with Gasteiger partial charge in [-0.05, 0) is 50.8 Å². The molecule has 1 fully saturated rings. The predicted octanol–water partition coefficient (Wildman–Crippen LogP) is 2.11. The highest BCUT2D eigenvalue weighted by atomic mass is 16.2. The van der Waals surface area contributed by atoms with Crippen molar-refractivity contribution in [3.05, 3.63) is 34.9 Å². The van der Waals surface area contributed by atoms with Crippen molar-refractivity contribution >= 4 is 5.91 Å². The lowest BCUT2D eigenvalue weighted by atomic mass is 9.96. The highest BCUT2D eigenvalue weighted by Crippen LogP contribution is 2.19. The molecule has 1 aromatic carbocycles. The number of benzene rings is 1. The van der Waals surface area contributed by atoms with Crippen LogP contribution in [0.25, 0.3) is 0 Å². The van der Waals surface area contributed by atoms with Crippen LogP contribution in [0.2, 0.25) is 0 Å². The fourth-order valence-corrected chi connectivity index (χ4v) is 2.60. The largest absolute Gasteiger partial charge is 0.339 e. The average molecular weight is 246 g/mol. The van der Waals surface area contributed by atoms with Gasteiger partial charge in [0.05, 0.1) is 0 Å². The van der Waals surface area contributed by atoms with Gasteiger partial charge in [-0.3, -0.25) is 4.79 Å². The summed E-state index contributed by atoms with van der Waals surface area (Å²) in [5, 5.41) is 0. The standard InChI is InChI=1S/C15H22N2O/c1-11-3-4-14(12(2)9-11)15(18)17-7-5-13(10-16)6-8-17/h3-4,9,13H,5-8,10,16H2,1-2H3. The molecule has 0 saturated carbocycles. The Morgan fingerprint density at radius 1 is 1.33 bits per heavy atom. The average Bonchev–Trinajstić information content (AvgIpc) is 2.38. The van der Waals surface area contributed by atoms with Crippen molar-refractivity contribution in [1.29, 1.82) is 0 Å². The monoisotopic (exact) mass is 246 g/mol. The first kappa shape index (κ1) is 13.1. The molecule has 18 heavy (non-hydrogen) atoms. The van der Waals surface area contributed by atoms with Crippen molar-refractivity contribution in [2.45, 2.75) is 26.7 Å². The van der Waals surface area contributed by atoms with Crippen LogP contribution in [0.1, 0.15) is 34.3 Å². The highest BCUT2D eigenvalue weighted by molar-refractivity contribution is 5.95.